The Hall–Kier alpha value is -3.11. The molecule has 1 saturated heterocycles. The van der Waals surface area contributed by atoms with Gasteiger partial charge in [0.25, 0.3) is 0 Å². The molecular formula is C26H26O4. The minimum atomic E-state index is -0.575. The molecule has 4 nitrogen and oxygen atoms in total. The summed E-state index contributed by atoms with van der Waals surface area (Å²) in [4.78, 5) is 11.9. The number of hydrogen-bond acceptors (Lipinski definition) is 4. The predicted octanol–water partition coefficient (Wildman–Crippen LogP) is 5.50. The number of benzene rings is 3. The van der Waals surface area contributed by atoms with Gasteiger partial charge in [0, 0.05) is 0 Å². The molecule has 0 saturated carbocycles. The van der Waals surface area contributed by atoms with Gasteiger partial charge in [-0.1, -0.05) is 60.7 Å². The highest BCUT2D eigenvalue weighted by Crippen LogP contribution is 2.49. The molecule has 2 unspecified atom stereocenters. The maximum atomic E-state index is 11.9. The molecule has 0 N–H and O–H groups in total. The molecular weight excluding hydrogens is 376 g/mol. The highest BCUT2D eigenvalue weighted by molar-refractivity contribution is 5.72. The maximum Gasteiger partial charge on any atom is 0.309 e. The van der Waals surface area contributed by atoms with Crippen LogP contribution in [0.5, 0.6) is 5.75 Å². The van der Waals surface area contributed by atoms with Crippen molar-refractivity contribution in [1.82, 2.24) is 0 Å². The largest absolute Gasteiger partial charge is 0.489 e. The Morgan fingerprint density at radius 2 is 1.67 bits per heavy atom. The smallest absolute Gasteiger partial charge is 0.309 e. The fourth-order valence-corrected chi connectivity index (χ4v) is 3.77. The van der Waals surface area contributed by atoms with Crippen LogP contribution in [0.4, 0.5) is 0 Å². The highest BCUT2D eigenvalue weighted by atomic mass is 16.6. The van der Waals surface area contributed by atoms with Gasteiger partial charge < -0.3 is 14.2 Å². The highest BCUT2D eigenvalue weighted by Gasteiger charge is 2.56. The van der Waals surface area contributed by atoms with Crippen LogP contribution in [-0.2, 0) is 26.5 Å². The molecule has 0 aromatic heterocycles. The van der Waals surface area contributed by atoms with E-state index < -0.39 is 5.60 Å². The lowest BCUT2D eigenvalue weighted by atomic mass is 9.92. The Morgan fingerprint density at radius 1 is 0.967 bits per heavy atom. The fourth-order valence-electron chi connectivity index (χ4n) is 3.77. The third-order valence-corrected chi connectivity index (χ3v) is 5.48. The molecule has 1 aliphatic rings. The van der Waals surface area contributed by atoms with Gasteiger partial charge in [-0.2, -0.15) is 0 Å². The zero-order valence-electron chi connectivity index (χ0n) is 17.3. The molecule has 0 spiro atoms. The van der Waals surface area contributed by atoms with Crippen LogP contribution >= 0.6 is 0 Å². The second-order valence-corrected chi connectivity index (χ2v) is 7.51. The van der Waals surface area contributed by atoms with E-state index in [0.717, 1.165) is 16.9 Å². The van der Waals surface area contributed by atoms with Gasteiger partial charge in [0.1, 0.15) is 18.0 Å². The minimum Gasteiger partial charge on any atom is -0.489 e. The standard InChI is InChI=1S/C26H26O4/c1-3-28-25(27)17-26(19(2)30-26)23-12-14-24(15-13-23)29-18-20-8-7-11-22(16-20)21-9-5-4-6-10-21/h4-16,19H,3,17-18H2,1-2H3. The van der Waals surface area contributed by atoms with Crippen molar-refractivity contribution in [2.24, 2.45) is 0 Å². The number of hydrogen-bond donors (Lipinski definition) is 0. The predicted molar refractivity (Wildman–Crippen MR) is 116 cm³/mol. The van der Waals surface area contributed by atoms with Gasteiger partial charge in [0.2, 0.25) is 0 Å². The molecule has 154 valence electrons. The van der Waals surface area contributed by atoms with E-state index in [1.54, 1.807) is 0 Å². The Labute approximate surface area is 177 Å². The molecule has 2 atom stereocenters. The van der Waals surface area contributed by atoms with Gasteiger partial charge in [-0.3, -0.25) is 4.79 Å². The van der Waals surface area contributed by atoms with E-state index >= 15 is 0 Å². The van der Waals surface area contributed by atoms with Crippen molar-refractivity contribution in [2.45, 2.75) is 38.6 Å². The van der Waals surface area contributed by atoms with E-state index in [1.165, 1.54) is 11.1 Å². The quantitative estimate of drug-likeness (QED) is 0.369. The van der Waals surface area contributed by atoms with Crippen LogP contribution in [0.25, 0.3) is 11.1 Å². The first kappa shape index (κ1) is 20.2. The summed E-state index contributed by atoms with van der Waals surface area (Å²) in [6.07, 6.45) is 0.225. The van der Waals surface area contributed by atoms with Crippen molar-refractivity contribution in [2.75, 3.05) is 6.61 Å². The fraction of sp³-hybridized carbons (Fsp3) is 0.269. The van der Waals surface area contributed by atoms with Crippen molar-refractivity contribution < 1.29 is 19.0 Å². The molecule has 1 fully saturated rings. The number of epoxide rings is 1. The number of rotatable bonds is 8. The lowest BCUT2D eigenvalue weighted by Crippen LogP contribution is -2.19. The van der Waals surface area contributed by atoms with Crippen LogP contribution in [0, 0.1) is 0 Å². The van der Waals surface area contributed by atoms with Crippen molar-refractivity contribution in [1.29, 1.82) is 0 Å². The molecule has 1 aliphatic heterocycles. The lowest BCUT2D eigenvalue weighted by molar-refractivity contribution is -0.144. The number of esters is 1. The summed E-state index contributed by atoms with van der Waals surface area (Å²) in [6.45, 7) is 4.65. The number of carbonyl (C=O) groups is 1. The molecule has 4 heteroatoms. The molecule has 0 amide bonds. The summed E-state index contributed by atoms with van der Waals surface area (Å²) >= 11 is 0. The van der Waals surface area contributed by atoms with Crippen molar-refractivity contribution in [3.8, 4) is 16.9 Å². The van der Waals surface area contributed by atoms with Crippen molar-refractivity contribution in [3.63, 3.8) is 0 Å². The zero-order valence-corrected chi connectivity index (χ0v) is 17.3. The molecule has 30 heavy (non-hydrogen) atoms. The SMILES string of the molecule is CCOC(=O)CC1(c2ccc(OCc3cccc(-c4ccccc4)c3)cc2)OC1C. The van der Waals surface area contributed by atoms with Gasteiger partial charge in [0.15, 0.2) is 0 Å². The van der Waals surface area contributed by atoms with Crippen LogP contribution < -0.4 is 4.74 Å². The second-order valence-electron chi connectivity index (χ2n) is 7.51. The van der Waals surface area contributed by atoms with E-state index in [2.05, 4.69) is 36.4 Å². The van der Waals surface area contributed by atoms with Gasteiger partial charge in [-0.15, -0.1) is 0 Å². The van der Waals surface area contributed by atoms with E-state index in [0.29, 0.717) is 13.2 Å². The van der Waals surface area contributed by atoms with E-state index in [1.807, 2.05) is 56.3 Å². The summed E-state index contributed by atoms with van der Waals surface area (Å²) in [5.41, 5.74) is 3.87. The Balaban J connectivity index is 1.41. The zero-order chi connectivity index (χ0) is 21.0. The van der Waals surface area contributed by atoms with Gasteiger partial charge >= 0.3 is 5.97 Å². The summed E-state index contributed by atoms with van der Waals surface area (Å²) in [7, 11) is 0. The summed E-state index contributed by atoms with van der Waals surface area (Å²) in [5, 5.41) is 0. The number of carbonyl (C=O) groups excluding carboxylic acids is 1. The Kier molecular flexibility index (Phi) is 5.86. The second kappa shape index (κ2) is 8.72. The topological polar surface area (TPSA) is 48.1 Å². The van der Waals surface area contributed by atoms with Gasteiger partial charge in [0.05, 0.1) is 19.1 Å². The first-order valence-electron chi connectivity index (χ1n) is 10.3. The summed E-state index contributed by atoms with van der Waals surface area (Å²) in [6, 6.07) is 26.5. The molecule has 0 radical (unpaired) electrons. The van der Waals surface area contributed by atoms with Gasteiger partial charge in [-0.05, 0) is 54.3 Å². The summed E-state index contributed by atoms with van der Waals surface area (Å²) in [5.74, 6) is 0.545. The van der Waals surface area contributed by atoms with E-state index in [-0.39, 0.29) is 18.5 Å². The van der Waals surface area contributed by atoms with Crippen LogP contribution in [0.1, 0.15) is 31.4 Å². The van der Waals surface area contributed by atoms with E-state index in [4.69, 9.17) is 14.2 Å². The normalized spacial score (nSPS) is 19.9. The Bertz CT molecular complexity index is 997. The molecule has 4 rings (SSSR count). The van der Waals surface area contributed by atoms with E-state index in [9.17, 15) is 4.79 Å². The molecule has 0 aliphatic carbocycles. The molecule has 1 heterocycles. The van der Waals surface area contributed by atoms with Crippen molar-refractivity contribution in [3.05, 3.63) is 90.0 Å². The molecule has 3 aromatic carbocycles. The first-order valence-corrected chi connectivity index (χ1v) is 10.3. The monoisotopic (exact) mass is 402 g/mol. The van der Waals surface area contributed by atoms with Gasteiger partial charge in [-0.25, -0.2) is 0 Å². The van der Waals surface area contributed by atoms with Crippen molar-refractivity contribution >= 4 is 5.97 Å². The number of ether oxygens (including phenoxy) is 3. The molecule has 3 aromatic rings. The lowest BCUT2D eigenvalue weighted by Gasteiger charge is -2.14. The molecule has 0 bridgehead atoms. The average Bonchev–Trinajstić information content (AvgIpc) is 3.43. The van der Waals surface area contributed by atoms with Crippen LogP contribution in [0.2, 0.25) is 0 Å². The Morgan fingerprint density at radius 3 is 2.33 bits per heavy atom. The van der Waals surface area contributed by atoms with Crippen LogP contribution in [-0.4, -0.2) is 18.7 Å². The first-order chi connectivity index (χ1) is 14.6. The average molecular weight is 402 g/mol. The van der Waals surface area contributed by atoms with Crippen LogP contribution in [0.15, 0.2) is 78.9 Å². The third kappa shape index (κ3) is 4.39. The third-order valence-electron chi connectivity index (χ3n) is 5.48. The van der Waals surface area contributed by atoms with Crippen LogP contribution in [0.3, 0.4) is 0 Å². The summed E-state index contributed by atoms with van der Waals surface area (Å²) < 4.78 is 16.9. The minimum absolute atomic E-state index is 0.00518. The maximum absolute atomic E-state index is 11.9.